The van der Waals surface area contributed by atoms with Crippen LogP contribution in [0.15, 0.2) is 22.7 Å². The largest absolute Gasteiger partial charge is 0.497 e. The minimum Gasteiger partial charge on any atom is -0.497 e. The van der Waals surface area contributed by atoms with Gasteiger partial charge in [0.1, 0.15) is 5.75 Å². The van der Waals surface area contributed by atoms with Gasteiger partial charge in [0.2, 0.25) is 0 Å². The zero-order valence-corrected chi connectivity index (χ0v) is 14.0. The molecule has 3 rings (SSSR count). The molecule has 0 saturated carbocycles. The highest BCUT2D eigenvalue weighted by Gasteiger charge is 2.29. The van der Waals surface area contributed by atoms with Crippen LogP contribution in [0.1, 0.15) is 35.5 Å². The number of rotatable bonds is 4. The fourth-order valence-electron chi connectivity index (χ4n) is 3.10. The number of aryl methyl sites for hydroxylation is 1. The summed E-state index contributed by atoms with van der Waals surface area (Å²) in [4.78, 5) is 14.3. The van der Waals surface area contributed by atoms with Crippen LogP contribution in [0.3, 0.4) is 0 Å². The summed E-state index contributed by atoms with van der Waals surface area (Å²) in [7, 11) is 3.45. The van der Waals surface area contributed by atoms with Crippen LogP contribution in [0, 0.1) is 5.92 Å². The smallest absolute Gasteiger partial charge is 0.276 e. The van der Waals surface area contributed by atoms with Crippen molar-refractivity contribution in [3.8, 4) is 17.1 Å². The van der Waals surface area contributed by atoms with E-state index in [4.69, 9.17) is 9.26 Å². The molecule has 23 heavy (non-hydrogen) atoms. The molecular weight excluding hydrogens is 292 g/mol. The van der Waals surface area contributed by atoms with Gasteiger partial charge in [-0.3, -0.25) is 4.79 Å². The van der Waals surface area contributed by atoms with Crippen LogP contribution in [0.5, 0.6) is 5.75 Å². The van der Waals surface area contributed by atoms with Gasteiger partial charge < -0.3 is 14.2 Å². The van der Waals surface area contributed by atoms with Gasteiger partial charge in [-0.15, -0.1) is 0 Å². The minimum absolute atomic E-state index is 0.0740. The quantitative estimate of drug-likeness (QED) is 0.870. The normalized spacial score (nSPS) is 12.7. The Morgan fingerprint density at radius 3 is 2.87 bits per heavy atom. The summed E-state index contributed by atoms with van der Waals surface area (Å²) in [6.07, 6.45) is 1.65. The first-order valence-corrected chi connectivity index (χ1v) is 7.92. The molecule has 0 spiro atoms. The number of fused-ring (bicyclic) bond motifs is 3. The van der Waals surface area contributed by atoms with Crippen LogP contribution < -0.4 is 4.74 Å². The fourth-order valence-corrected chi connectivity index (χ4v) is 3.10. The van der Waals surface area contributed by atoms with Crippen molar-refractivity contribution < 1.29 is 14.1 Å². The van der Waals surface area contributed by atoms with E-state index in [0.717, 1.165) is 29.7 Å². The Morgan fingerprint density at radius 1 is 1.39 bits per heavy atom. The number of aromatic nitrogens is 1. The van der Waals surface area contributed by atoms with Crippen LogP contribution in [-0.2, 0) is 12.8 Å². The van der Waals surface area contributed by atoms with Gasteiger partial charge in [0, 0.05) is 24.7 Å². The number of nitrogens with zero attached hydrogens (tertiary/aromatic N) is 2. The first-order valence-electron chi connectivity index (χ1n) is 7.92. The van der Waals surface area contributed by atoms with Crippen molar-refractivity contribution in [1.29, 1.82) is 0 Å². The molecule has 1 aromatic carbocycles. The van der Waals surface area contributed by atoms with Crippen molar-refractivity contribution in [2.75, 3.05) is 20.7 Å². The maximum Gasteiger partial charge on any atom is 0.276 e. The second kappa shape index (κ2) is 6.07. The average molecular weight is 314 g/mol. The number of carbonyl (C=O) groups excluding carboxylic acids is 1. The Labute approximate surface area is 136 Å². The third-order valence-electron chi connectivity index (χ3n) is 4.18. The minimum atomic E-state index is -0.0740. The first-order chi connectivity index (χ1) is 11.0. The summed E-state index contributed by atoms with van der Waals surface area (Å²) < 4.78 is 10.8. The third-order valence-corrected chi connectivity index (χ3v) is 4.18. The lowest BCUT2D eigenvalue weighted by Crippen LogP contribution is -2.31. The van der Waals surface area contributed by atoms with E-state index in [1.807, 2.05) is 25.2 Å². The van der Waals surface area contributed by atoms with E-state index in [0.29, 0.717) is 23.9 Å². The number of ether oxygens (including phenoxy) is 1. The zero-order chi connectivity index (χ0) is 16.6. The van der Waals surface area contributed by atoms with E-state index >= 15 is 0 Å². The van der Waals surface area contributed by atoms with E-state index in [1.165, 1.54) is 5.56 Å². The van der Waals surface area contributed by atoms with Crippen LogP contribution in [0.2, 0.25) is 0 Å². The second-order valence-electron chi connectivity index (χ2n) is 6.44. The Hall–Kier alpha value is -2.30. The molecule has 1 aliphatic carbocycles. The van der Waals surface area contributed by atoms with Gasteiger partial charge in [-0.2, -0.15) is 0 Å². The molecule has 0 aliphatic heterocycles. The molecule has 2 aromatic rings. The van der Waals surface area contributed by atoms with Crippen LogP contribution in [-0.4, -0.2) is 36.7 Å². The monoisotopic (exact) mass is 314 g/mol. The lowest BCUT2D eigenvalue weighted by atomic mass is 9.89. The first kappa shape index (κ1) is 15.6. The molecule has 0 unspecified atom stereocenters. The molecule has 1 heterocycles. The summed E-state index contributed by atoms with van der Waals surface area (Å²) in [6.45, 7) is 4.88. The van der Waals surface area contributed by atoms with Gasteiger partial charge in [0.05, 0.1) is 7.11 Å². The highest BCUT2D eigenvalue weighted by molar-refractivity contribution is 5.95. The van der Waals surface area contributed by atoms with Crippen molar-refractivity contribution in [3.05, 3.63) is 35.0 Å². The predicted molar refractivity (Wildman–Crippen MR) is 87.7 cm³/mol. The molecule has 1 aromatic heterocycles. The van der Waals surface area contributed by atoms with Crippen LogP contribution in [0.25, 0.3) is 11.3 Å². The number of hydrogen-bond acceptors (Lipinski definition) is 4. The van der Waals surface area contributed by atoms with Gasteiger partial charge in [-0.25, -0.2) is 0 Å². The highest BCUT2D eigenvalue weighted by atomic mass is 16.5. The van der Waals surface area contributed by atoms with Gasteiger partial charge in [-0.1, -0.05) is 25.1 Å². The van der Waals surface area contributed by atoms with Crippen LogP contribution in [0.4, 0.5) is 0 Å². The van der Waals surface area contributed by atoms with Crippen molar-refractivity contribution in [3.63, 3.8) is 0 Å². The molecule has 5 nitrogen and oxygen atoms in total. The Kier molecular flexibility index (Phi) is 4.11. The summed E-state index contributed by atoms with van der Waals surface area (Å²) in [6, 6.07) is 5.94. The molecule has 0 saturated heterocycles. The Balaban J connectivity index is 1.97. The van der Waals surface area contributed by atoms with Gasteiger partial charge in [0.15, 0.2) is 11.5 Å². The van der Waals surface area contributed by atoms with Gasteiger partial charge in [-0.05, 0) is 36.5 Å². The lowest BCUT2D eigenvalue weighted by Gasteiger charge is -2.19. The number of amides is 1. The van der Waals surface area contributed by atoms with E-state index in [9.17, 15) is 4.79 Å². The summed E-state index contributed by atoms with van der Waals surface area (Å²) in [5.74, 6) is 1.82. The van der Waals surface area contributed by atoms with Crippen molar-refractivity contribution in [1.82, 2.24) is 10.1 Å². The topological polar surface area (TPSA) is 55.6 Å². The molecule has 0 fully saturated rings. The molecule has 122 valence electrons. The third kappa shape index (κ3) is 2.83. The fraction of sp³-hybridized carbons (Fsp3) is 0.444. The molecule has 0 radical (unpaired) electrons. The number of benzene rings is 1. The van der Waals surface area contributed by atoms with Crippen molar-refractivity contribution >= 4 is 5.91 Å². The number of hydrogen-bond donors (Lipinski definition) is 0. The van der Waals surface area contributed by atoms with E-state index < -0.39 is 0 Å². The van der Waals surface area contributed by atoms with E-state index in [1.54, 1.807) is 12.0 Å². The van der Waals surface area contributed by atoms with Crippen LogP contribution >= 0.6 is 0 Å². The highest BCUT2D eigenvalue weighted by Crippen LogP contribution is 2.37. The molecular formula is C18H22N2O3. The summed E-state index contributed by atoms with van der Waals surface area (Å²) in [5, 5.41) is 4.07. The maximum atomic E-state index is 12.6. The number of methoxy groups -OCH3 is 1. The SMILES string of the molecule is COc1ccc2c(c1)-c1onc(C(=O)N(C)CC(C)C)c1CC2. The standard InChI is InChI=1S/C18H22N2O3/c1-11(2)10-20(3)18(21)16-14-8-6-12-5-7-13(22-4)9-15(12)17(14)23-19-16/h5,7,9,11H,6,8,10H2,1-4H3. The number of carbonyl (C=O) groups is 1. The molecule has 1 aliphatic rings. The second-order valence-corrected chi connectivity index (χ2v) is 6.44. The average Bonchev–Trinajstić information content (AvgIpc) is 2.97. The van der Waals surface area contributed by atoms with E-state index in [-0.39, 0.29) is 5.91 Å². The van der Waals surface area contributed by atoms with E-state index in [2.05, 4.69) is 19.0 Å². The molecule has 0 N–H and O–H groups in total. The molecule has 0 bridgehead atoms. The summed E-state index contributed by atoms with van der Waals surface area (Å²) >= 11 is 0. The molecule has 0 atom stereocenters. The Morgan fingerprint density at radius 2 is 2.17 bits per heavy atom. The van der Waals surface area contributed by atoms with Gasteiger partial charge in [0.25, 0.3) is 5.91 Å². The summed E-state index contributed by atoms with van der Waals surface area (Å²) in [5.41, 5.74) is 3.52. The molecule has 1 amide bonds. The predicted octanol–water partition coefficient (Wildman–Crippen LogP) is 3.18. The van der Waals surface area contributed by atoms with Gasteiger partial charge >= 0.3 is 0 Å². The van der Waals surface area contributed by atoms with Crippen molar-refractivity contribution in [2.24, 2.45) is 5.92 Å². The molecule has 5 heteroatoms. The van der Waals surface area contributed by atoms with Crippen molar-refractivity contribution in [2.45, 2.75) is 26.7 Å². The Bertz CT molecular complexity index is 734. The lowest BCUT2D eigenvalue weighted by molar-refractivity contribution is 0.0768. The zero-order valence-electron chi connectivity index (χ0n) is 14.0. The maximum absolute atomic E-state index is 12.6.